The Morgan fingerprint density at radius 2 is 2.04 bits per heavy atom. The van der Waals surface area contributed by atoms with E-state index in [4.69, 9.17) is 4.74 Å². The normalized spacial score (nSPS) is 10.3. The zero-order chi connectivity index (χ0) is 16.2. The van der Waals surface area contributed by atoms with Gasteiger partial charge >= 0.3 is 0 Å². The third kappa shape index (κ3) is 3.21. The molecule has 0 fully saturated rings. The number of aromatic nitrogens is 3. The molecule has 0 radical (unpaired) electrons. The van der Waals surface area contributed by atoms with Gasteiger partial charge in [0.15, 0.2) is 0 Å². The topological polar surface area (TPSA) is 69.0 Å². The number of nitrogens with zero attached hydrogens (tertiary/aromatic N) is 3. The first-order valence-electron chi connectivity index (χ1n) is 7.08. The molecule has 6 heteroatoms. The summed E-state index contributed by atoms with van der Waals surface area (Å²) < 4.78 is 6.84. The van der Waals surface area contributed by atoms with E-state index in [2.05, 4.69) is 15.4 Å². The fourth-order valence-corrected chi connectivity index (χ4v) is 2.19. The van der Waals surface area contributed by atoms with Crippen LogP contribution in [0.1, 0.15) is 10.5 Å². The smallest absolute Gasteiger partial charge is 0.275 e. The van der Waals surface area contributed by atoms with Crippen LogP contribution < -0.4 is 10.1 Å². The number of benzene rings is 1. The Hall–Kier alpha value is -3.15. The summed E-state index contributed by atoms with van der Waals surface area (Å²) in [4.78, 5) is 16.2. The largest absolute Gasteiger partial charge is 0.497 e. The number of pyridine rings is 1. The number of ether oxygens (including phenoxy) is 1. The minimum atomic E-state index is -0.272. The highest BCUT2D eigenvalue weighted by molar-refractivity contribution is 6.02. The number of carbonyl (C=O) groups is 1. The van der Waals surface area contributed by atoms with Crippen molar-refractivity contribution in [2.75, 3.05) is 12.4 Å². The van der Waals surface area contributed by atoms with Gasteiger partial charge in [-0.2, -0.15) is 5.10 Å². The molecule has 3 rings (SSSR count). The fourth-order valence-electron chi connectivity index (χ4n) is 2.19. The molecular formula is C17H16N4O2. The second-order valence-corrected chi connectivity index (χ2v) is 4.94. The van der Waals surface area contributed by atoms with E-state index in [9.17, 15) is 4.79 Å². The van der Waals surface area contributed by atoms with Crippen LogP contribution in [0.3, 0.4) is 0 Å². The Morgan fingerprint density at radius 1 is 1.17 bits per heavy atom. The summed E-state index contributed by atoms with van der Waals surface area (Å²) in [6.45, 7) is 0. The maximum atomic E-state index is 12.2. The van der Waals surface area contributed by atoms with Crippen molar-refractivity contribution in [2.24, 2.45) is 7.05 Å². The van der Waals surface area contributed by atoms with Gasteiger partial charge < -0.3 is 10.1 Å². The number of hydrogen-bond donors (Lipinski definition) is 1. The lowest BCUT2D eigenvalue weighted by Crippen LogP contribution is -2.15. The van der Waals surface area contributed by atoms with E-state index < -0.39 is 0 Å². The second-order valence-electron chi connectivity index (χ2n) is 4.94. The van der Waals surface area contributed by atoms with Gasteiger partial charge in [0.1, 0.15) is 17.3 Å². The van der Waals surface area contributed by atoms with Gasteiger partial charge in [0.2, 0.25) is 0 Å². The summed E-state index contributed by atoms with van der Waals surface area (Å²) in [5, 5.41) is 7.24. The van der Waals surface area contributed by atoms with E-state index in [1.165, 1.54) is 0 Å². The van der Waals surface area contributed by atoms with Gasteiger partial charge in [-0.05, 0) is 24.3 Å². The Morgan fingerprint density at radius 3 is 2.78 bits per heavy atom. The molecule has 0 aliphatic rings. The van der Waals surface area contributed by atoms with Crippen molar-refractivity contribution in [2.45, 2.75) is 0 Å². The highest BCUT2D eigenvalue weighted by atomic mass is 16.5. The minimum absolute atomic E-state index is 0.272. The van der Waals surface area contributed by atoms with Crippen LogP contribution in [0.15, 0.2) is 54.7 Å². The zero-order valence-corrected chi connectivity index (χ0v) is 12.9. The number of nitrogens with one attached hydrogen (secondary N) is 1. The first kappa shape index (κ1) is 14.8. The molecule has 1 aromatic carbocycles. The number of amides is 1. The molecule has 0 aliphatic carbocycles. The van der Waals surface area contributed by atoms with Gasteiger partial charge in [0.05, 0.1) is 12.8 Å². The first-order chi connectivity index (χ1) is 11.2. The SMILES string of the molecule is COc1cccc(-c2cc(NC(=O)c3ccccn3)n(C)n2)c1. The van der Waals surface area contributed by atoms with Crippen LogP contribution >= 0.6 is 0 Å². The van der Waals surface area contributed by atoms with Crippen LogP contribution in [-0.4, -0.2) is 27.8 Å². The summed E-state index contributed by atoms with van der Waals surface area (Å²) >= 11 is 0. The highest BCUT2D eigenvalue weighted by Gasteiger charge is 2.12. The zero-order valence-electron chi connectivity index (χ0n) is 12.9. The van der Waals surface area contributed by atoms with Crippen molar-refractivity contribution in [3.63, 3.8) is 0 Å². The minimum Gasteiger partial charge on any atom is -0.497 e. The number of methoxy groups -OCH3 is 1. The van der Waals surface area contributed by atoms with Crippen LogP contribution in [0.4, 0.5) is 5.82 Å². The van der Waals surface area contributed by atoms with E-state index in [1.54, 1.807) is 43.2 Å². The Labute approximate surface area is 133 Å². The molecule has 23 heavy (non-hydrogen) atoms. The maximum Gasteiger partial charge on any atom is 0.275 e. The van der Waals surface area contributed by atoms with Gasteiger partial charge in [-0.25, -0.2) is 0 Å². The molecule has 1 N–H and O–H groups in total. The predicted octanol–water partition coefficient (Wildman–Crippen LogP) is 2.74. The quantitative estimate of drug-likeness (QED) is 0.804. The predicted molar refractivity (Wildman–Crippen MR) is 87.4 cm³/mol. The third-order valence-corrected chi connectivity index (χ3v) is 3.38. The number of hydrogen-bond acceptors (Lipinski definition) is 4. The van der Waals surface area contributed by atoms with Gasteiger partial charge in [-0.15, -0.1) is 0 Å². The number of aryl methyl sites for hydroxylation is 1. The van der Waals surface area contributed by atoms with Crippen LogP contribution in [0.2, 0.25) is 0 Å². The number of anilines is 1. The lowest BCUT2D eigenvalue weighted by molar-refractivity contribution is 0.102. The first-order valence-corrected chi connectivity index (χ1v) is 7.08. The molecule has 6 nitrogen and oxygen atoms in total. The van der Waals surface area contributed by atoms with E-state index in [-0.39, 0.29) is 5.91 Å². The molecule has 2 aromatic heterocycles. The standard InChI is InChI=1S/C17H16N4O2/c1-21-16(19-17(22)14-8-3-4-9-18-14)11-15(20-21)12-6-5-7-13(10-12)23-2/h3-11H,1-2H3,(H,19,22). The number of rotatable bonds is 4. The number of carbonyl (C=O) groups excluding carboxylic acids is 1. The Bertz CT molecular complexity index is 828. The van der Waals surface area contributed by atoms with Crippen LogP contribution in [0, 0.1) is 0 Å². The summed E-state index contributed by atoms with van der Waals surface area (Å²) in [7, 11) is 3.40. The third-order valence-electron chi connectivity index (χ3n) is 3.38. The lowest BCUT2D eigenvalue weighted by atomic mass is 10.1. The summed E-state index contributed by atoms with van der Waals surface area (Å²) in [6, 6.07) is 14.6. The molecular weight excluding hydrogens is 292 g/mol. The van der Waals surface area contributed by atoms with Gasteiger partial charge in [-0.3, -0.25) is 14.5 Å². The molecule has 0 aliphatic heterocycles. The van der Waals surface area contributed by atoms with E-state index in [1.807, 2.05) is 30.3 Å². The molecule has 0 unspecified atom stereocenters. The Balaban J connectivity index is 1.85. The van der Waals surface area contributed by atoms with Crippen LogP contribution in [-0.2, 0) is 7.05 Å². The van der Waals surface area contributed by atoms with Crippen LogP contribution in [0.25, 0.3) is 11.3 Å². The van der Waals surface area contributed by atoms with Gasteiger partial charge in [0, 0.05) is 24.9 Å². The van der Waals surface area contributed by atoms with Crippen molar-refractivity contribution < 1.29 is 9.53 Å². The van der Waals surface area contributed by atoms with Crippen molar-refractivity contribution in [3.05, 3.63) is 60.4 Å². The van der Waals surface area contributed by atoms with Crippen LogP contribution in [0.5, 0.6) is 5.75 Å². The van der Waals surface area contributed by atoms with E-state index >= 15 is 0 Å². The van der Waals surface area contributed by atoms with Crippen molar-refractivity contribution in [1.82, 2.24) is 14.8 Å². The molecule has 116 valence electrons. The molecule has 2 heterocycles. The van der Waals surface area contributed by atoms with Crippen molar-refractivity contribution >= 4 is 11.7 Å². The van der Waals surface area contributed by atoms with E-state index in [0.29, 0.717) is 11.5 Å². The Kier molecular flexibility index (Phi) is 4.05. The van der Waals surface area contributed by atoms with Gasteiger partial charge in [0.25, 0.3) is 5.91 Å². The van der Waals surface area contributed by atoms with Crippen molar-refractivity contribution in [3.8, 4) is 17.0 Å². The average molecular weight is 308 g/mol. The summed E-state index contributed by atoms with van der Waals surface area (Å²) in [5.74, 6) is 1.08. The van der Waals surface area contributed by atoms with Gasteiger partial charge in [-0.1, -0.05) is 18.2 Å². The lowest BCUT2D eigenvalue weighted by Gasteiger charge is -2.03. The monoisotopic (exact) mass is 308 g/mol. The summed E-state index contributed by atoms with van der Waals surface area (Å²) in [5.41, 5.74) is 2.03. The molecule has 1 amide bonds. The molecule has 3 aromatic rings. The maximum absolute atomic E-state index is 12.2. The molecule has 0 spiro atoms. The second kappa shape index (κ2) is 6.31. The molecule has 0 atom stereocenters. The average Bonchev–Trinajstić information content (AvgIpc) is 2.96. The molecule has 0 saturated carbocycles. The summed E-state index contributed by atoms with van der Waals surface area (Å²) in [6.07, 6.45) is 1.58. The fraction of sp³-hybridized carbons (Fsp3) is 0.118. The van der Waals surface area contributed by atoms with E-state index in [0.717, 1.165) is 17.0 Å². The molecule has 0 saturated heterocycles. The van der Waals surface area contributed by atoms with Crippen molar-refractivity contribution in [1.29, 1.82) is 0 Å². The molecule has 0 bridgehead atoms. The highest BCUT2D eigenvalue weighted by Crippen LogP contribution is 2.25.